The highest BCUT2D eigenvalue weighted by Gasteiger charge is 2.57. The Balaban J connectivity index is 1.19. The summed E-state index contributed by atoms with van der Waals surface area (Å²) < 4.78 is 5.93. The molecule has 0 bridgehead atoms. The average Bonchev–Trinajstić information content (AvgIpc) is 3.53. The maximum Gasteiger partial charge on any atom is 0.201 e. The van der Waals surface area contributed by atoms with E-state index in [2.05, 4.69) is 37.6 Å². The number of carbonyl (C=O) groups excluding carboxylic acids is 1. The van der Waals surface area contributed by atoms with E-state index < -0.39 is 12.2 Å². The molecule has 43 heavy (non-hydrogen) atoms. The molecule has 2 heterocycles. The molecule has 0 aromatic carbocycles. The number of Topliss-reactive ketones (excluding diaryl/α,β-unsaturated/α-hetero) is 1. The summed E-state index contributed by atoms with van der Waals surface area (Å²) in [6.07, 6.45) is 19.0. The largest absolute Gasteiger partial charge is 0.448 e. The van der Waals surface area contributed by atoms with Gasteiger partial charge in [0.25, 0.3) is 0 Å². The predicted octanol–water partition coefficient (Wildman–Crippen LogP) is 7.47. The van der Waals surface area contributed by atoms with Crippen LogP contribution in [-0.4, -0.2) is 38.2 Å². The van der Waals surface area contributed by atoms with E-state index in [1.807, 2.05) is 19.1 Å². The van der Waals surface area contributed by atoms with Gasteiger partial charge in [-0.15, -0.1) is 0 Å². The third kappa shape index (κ3) is 5.73. The van der Waals surface area contributed by atoms with Gasteiger partial charge in [-0.05, 0) is 118 Å². The number of aliphatic hydroxyl groups excluding tert-OH is 2. The molecule has 0 radical (unpaired) electrons. The second kappa shape index (κ2) is 11.9. The highest BCUT2D eigenvalue weighted by Crippen LogP contribution is 2.61. The summed E-state index contributed by atoms with van der Waals surface area (Å²) in [6.45, 7) is 11.0. The van der Waals surface area contributed by atoms with Crippen molar-refractivity contribution < 1.29 is 19.4 Å². The molecule has 4 saturated carbocycles. The number of carbonyl (C=O) groups is 1. The van der Waals surface area contributed by atoms with E-state index in [4.69, 9.17) is 9.40 Å². The Kier molecular flexibility index (Phi) is 8.38. The van der Waals surface area contributed by atoms with Gasteiger partial charge >= 0.3 is 0 Å². The Labute approximate surface area is 256 Å². The van der Waals surface area contributed by atoms with Crippen LogP contribution >= 0.6 is 0 Å². The maximum atomic E-state index is 14.0. The lowest BCUT2D eigenvalue weighted by atomic mass is 9.60. The third-order valence-corrected chi connectivity index (χ3v) is 11.7. The lowest BCUT2D eigenvalue weighted by molar-refractivity contribution is 0.0792. The lowest BCUT2D eigenvalue weighted by Gasteiger charge is -2.44. The van der Waals surface area contributed by atoms with E-state index in [1.165, 1.54) is 31.3 Å². The van der Waals surface area contributed by atoms with Gasteiger partial charge < -0.3 is 14.6 Å². The fraction of sp³-hybridized carbons (Fsp3) is 0.595. The quantitative estimate of drug-likeness (QED) is 0.297. The molecule has 0 unspecified atom stereocenters. The molecule has 6 nitrogen and oxygen atoms in total. The number of allylic oxidation sites excluding steroid dienone is 3. The number of aliphatic hydroxyl groups is 2. The van der Waals surface area contributed by atoms with Gasteiger partial charge in [-0.1, -0.05) is 38.2 Å². The molecule has 6 heteroatoms. The molecule has 7 atom stereocenters. The SMILES string of the molecule is C=C1C(=CC=C2CCC[C@]3(C)[C@@H]([C@H](C)CC[C@H](C(=O)c4ccncc4)C4(c5nc(C)co5)CC4)CC[C@@H]23)C[C@@H](O)C[C@@H]1O. The molecular formula is C37H48N2O4. The van der Waals surface area contributed by atoms with E-state index in [9.17, 15) is 15.0 Å². The first-order valence-electron chi connectivity index (χ1n) is 16.4. The van der Waals surface area contributed by atoms with Crippen molar-refractivity contribution in [1.29, 1.82) is 0 Å². The Hall–Kier alpha value is -2.83. The lowest BCUT2D eigenvalue weighted by Crippen LogP contribution is -2.36. The Morgan fingerprint density at radius 1 is 1.16 bits per heavy atom. The number of oxazole rings is 1. The number of aryl methyl sites for hydroxylation is 1. The van der Waals surface area contributed by atoms with Crippen LogP contribution in [0.5, 0.6) is 0 Å². The summed E-state index contributed by atoms with van der Waals surface area (Å²) in [5, 5.41) is 20.5. The molecular weight excluding hydrogens is 536 g/mol. The first-order valence-corrected chi connectivity index (χ1v) is 16.4. The summed E-state index contributed by atoms with van der Waals surface area (Å²) in [7, 11) is 0. The Morgan fingerprint density at radius 3 is 2.63 bits per heavy atom. The number of aromatic nitrogens is 2. The second-order valence-electron chi connectivity index (χ2n) is 14.3. The summed E-state index contributed by atoms with van der Waals surface area (Å²) in [4.78, 5) is 22.8. The number of fused-ring (bicyclic) bond motifs is 1. The minimum Gasteiger partial charge on any atom is -0.448 e. The summed E-state index contributed by atoms with van der Waals surface area (Å²) in [5.41, 5.74) is 4.79. The van der Waals surface area contributed by atoms with Crippen LogP contribution < -0.4 is 0 Å². The van der Waals surface area contributed by atoms with Gasteiger partial charge in [0.1, 0.15) is 6.26 Å². The predicted molar refractivity (Wildman–Crippen MR) is 167 cm³/mol. The molecule has 6 rings (SSSR count). The first-order chi connectivity index (χ1) is 20.6. The van der Waals surface area contributed by atoms with Crippen molar-refractivity contribution in [3.05, 3.63) is 83.4 Å². The molecule has 230 valence electrons. The van der Waals surface area contributed by atoms with Crippen LogP contribution in [0.15, 0.2) is 70.7 Å². The smallest absolute Gasteiger partial charge is 0.201 e. The highest BCUT2D eigenvalue weighted by molar-refractivity contribution is 5.99. The summed E-state index contributed by atoms with van der Waals surface area (Å²) in [6, 6.07) is 3.68. The molecule has 4 aliphatic carbocycles. The zero-order valence-electron chi connectivity index (χ0n) is 26.1. The standard InChI is InChI=1S/C37H48N2O4/c1-23(7-10-32(34(42)27-13-18-38-19-14-27)37(16-17-37)35-39-24(2)22-43-35)30-11-12-31-26(6-5-15-36(30,31)4)8-9-28-20-29(40)21-33(41)25(28)3/h8-9,13-14,18-19,22-23,29-33,40-41H,3,5-7,10-12,15-17,20-21H2,1-2,4H3/t23-,29-,30-,31+,32-,33+,36-/m1/s1. The number of rotatable bonds is 9. The zero-order valence-corrected chi connectivity index (χ0v) is 26.1. The maximum absolute atomic E-state index is 14.0. The van der Waals surface area contributed by atoms with Crippen molar-refractivity contribution in [2.45, 2.75) is 109 Å². The van der Waals surface area contributed by atoms with Crippen molar-refractivity contribution >= 4 is 5.78 Å². The first kappa shape index (κ1) is 30.2. The summed E-state index contributed by atoms with van der Waals surface area (Å²) >= 11 is 0. The number of hydrogen-bond acceptors (Lipinski definition) is 6. The molecule has 4 fully saturated rings. The fourth-order valence-electron chi connectivity index (χ4n) is 9.11. The van der Waals surface area contributed by atoms with E-state index >= 15 is 0 Å². The Morgan fingerprint density at radius 2 is 1.93 bits per heavy atom. The molecule has 2 aromatic heterocycles. The van der Waals surface area contributed by atoms with Crippen molar-refractivity contribution in [2.75, 3.05) is 0 Å². The second-order valence-corrected chi connectivity index (χ2v) is 14.3. The average molecular weight is 585 g/mol. The van der Waals surface area contributed by atoms with Crippen molar-refractivity contribution in [2.24, 2.45) is 29.1 Å². The van der Waals surface area contributed by atoms with Gasteiger partial charge in [0.2, 0.25) is 5.89 Å². The van der Waals surface area contributed by atoms with Crippen LogP contribution in [0.2, 0.25) is 0 Å². The normalized spacial score (nSPS) is 33.4. The van der Waals surface area contributed by atoms with Gasteiger partial charge in [-0.2, -0.15) is 0 Å². The van der Waals surface area contributed by atoms with Gasteiger partial charge in [0.15, 0.2) is 5.78 Å². The van der Waals surface area contributed by atoms with Gasteiger partial charge in [0, 0.05) is 30.3 Å². The number of pyridine rings is 1. The monoisotopic (exact) mass is 584 g/mol. The van der Waals surface area contributed by atoms with E-state index in [-0.39, 0.29) is 22.5 Å². The molecule has 4 aliphatic rings. The van der Waals surface area contributed by atoms with Gasteiger partial charge in [-0.3, -0.25) is 9.78 Å². The molecule has 2 aromatic rings. The molecule has 0 saturated heterocycles. The fourth-order valence-corrected chi connectivity index (χ4v) is 9.11. The van der Waals surface area contributed by atoms with Crippen molar-refractivity contribution in [3.8, 4) is 0 Å². The number of ketones is 1. The van der Waals surface area contributed by atoms with E-state index in [0.717, 1.165) is 60.4 Å². The molecule has 0 amide bonds. The van der Waals surface area contributed by atoms with Gasteiger partial charge in [-0.25, -0.2) is 4.98 Å². The molecule has 0 aliphatic heterocycles. The minimum absolute atomic E-state index is 0.150. The highest BCUT2D eigenvalue weighted by atomic mass is 16.3. The Bertz CT molecular complexity index is 1400. The number of nitrogens with zero attached hydrogens (tertiary/aromatic N) is 2. The van der Waals surface area contributed by atoms with Crippen molar-refractivity contribution in [1.82, 2.24) is 9.97 Å². The zero-order chi connectivity index (χ0) is 30.4. The van der Waals surface area contributed by atoms with Crippen LogP contribution in [0.25, 0.3) is 0 Å². The summed E-state index contributed by atoms with van der Waals surface area (Å²) in [5.74, 6) is 2.44. The van der Waals surface area contributed by atoms with Crippen LogP contribution in [0.1, 0.15) is 106 Å². The van der Waals surface area contributed by atoms with Crippen LogP contribution in [-0.2, 0) is 5.41 Å². The van der Waals surface area contributed by atoms with Crippen LogP contribution in [0.4, 0.5) is 0 Å². The van der Waals surface area contributed by atoms with Crippen molar-refractivity contribution in [3.63, 3.8) is 0 Å². The molecule has 2 N–H and O–H groups in total. The molecule has 0 spiro atoms. The van der Waals surface area contributed by atoms with Crippen LogP contribution in [0.3, 0.4) is 0 Å². The number of hydrogen-bond donors (Lipinski definition) is 2. The van der Waals surface area contributed by atoms with E-state index in [1.54, 1.807) is 18.7 Å². The minimum atomic E-state index is -0.654. The van der Waals surface area contributed by atoms with Gasteiger partial charge in [0.05, 0.1) is 23.3 Å². The van der Waals surface area contributed by atoms with Crippen LogP contribution in [0, 0.1) is 36.0 Å². The van der Waals surface area contributed by atoms with E-state index in [0.29, 0.717) is 30.6 Å². The third-order valence-electron chi connectivity index (χ3n) is 11.7. The topological polar surface area (TPSA) is 96.5 Å².